The Labute approximate surface area is 112 Å². The molecule has 0 aliphatic heterocycles. The van der Waals surface area contributed by atoms with E-state index >= 15 is 0 Å². The Hall–Kier alpha value is -1.98. The first-order valence-electron chi connectivity index (χ1n) is 6.17. The van der Waals surface area contributed by atoms with Gasteiger partial charge in [-0.3, -0.25) is 10.1 Å². The summed E-state index contributed by atoms with van der Waals surface area (Å²) in [5.74, 6) is 1.26. The highest BCUT2D eigenvalue weighted by atomic mass is 16.6. The minimum absolute atomic E-state index is 0.0130. The monoisotopic (exact) mass is 268 g/mol. The number of benzene rings is 1. The third-order valence-corrected chi connectivity index (χ3v) is 3.04. The maximum atomic E-state index is 11.1. The van der Waals surface area contributed by atoms with E-state index in [2.05, 4.69) is 19.2 Å². The van der Waals surface area contributed by atoms with Crippen LogP contribution in [0.2, 0.25) is 0 Å². The van der Waals surface area contributed by atoms with E-state index in [0.717, 1.165) is 6.42 Å². The van der Waals surface area contributed by atoms with Gasteiger partial charge in [0.1, 0.15) is 5.69 Å². The van der Waals surface area contributed by atoms with Gasteiger partial charge in [-0.25, -0.2) is 0 Å². The highest BCUT2D eigenvalue weighted by molar-refractivity contribution is 5.68. The second-order valence-corrected chi connectivity index (χ2v) is 4.38. The first-order chi connectivity index (χ1) is 9.03. The molecule has 1 atom stereocenters. The number of methoxy groups -OCH3 is 2. The van der Waals surface area contributed by atoms with Crippen molar-refractivity contribution in [2.24, 2.45) is 5.92 Å². The molecule has 0 aromatic heterocycles. The van der Waals surface area contributed by atoms with Gasteiger partial charge in [-0.2, -0.15) is 0 Å². The SMILES string of the molecule is CCC(C)CNc1cc(OC)c(OC)cc1[N+](=O)[O-]. The third-order valence-electron chi connectivity index (χ3n) is 3.04. The first kappa shape index (κ1) is 15.1. The highest BCUT2D eigenvalue weighted by Crippen LogP contribution is 2.37. The fraction of sp³-hybridized carbons (Fsp3) is 0.538. The maximum Gasteiger partial charge on any atom is 0.296 e. The van der Waals surface area contributed by atoms with E-state index < -0.39 is 4.92 Å². The van der Waals surface area contributed by atoms with E-state index in [0.29, 0.717) is 29.6 Å². The number of nitrogens with one attached hydrogen (secondary N) is 1. The van der Waals surface area contributed by atoms with Gasteiger partial charge in [-0.1, -0.05) is 20.3 Å². The molecular formula is C13H20N2O4. The molecule has 0 heterocycles. The van der Waals surface area contributed by atoms with Gasteiger partial charge in [0.15, 0.2) is 11.5 Å². The molecule has 1 unspecified atom stereocenters. The Morgan fingerprint density at radius 2 is 1.89 bits per heavy atom. The summed E-state index contributed by atoms with van der Waals surface area (Å²) >= 11 is 0. The van der Waals surface area contributed by atoms with Gasteiger partial charge in [0.05, 0.1) is 25.2 Å². The molecule has 0 radical (unpaired) electrons. The smallest absolute Gasteiger partial charge is 0.296 e. The molecular weight excluding hydrogens is 248 g/mol. The van der Waals surface area contributed by atoms with E-state index in [1.807, 2.05) is 0 Å². The quantitative estimate of drug-likeness (QED) is 0.607. The number of rotatable bonds is 7. The number of nitro groups is 1. The average molecular weight is 268 g/mol. The number of ether oxygens (including phenoxy) is 2. The van der Waals surface area contributed by atoms with Gasteiger partial charge in [0, 0.05) is 12.6 Å². The molecule has 6 nitrogen and oxygen atoms in total. The Morgan fingerprint density at radius 3 is 2.37 bits per heavy atom. The van der Waals surface area contributed by atoms with Crippen molar-refractivity contribution in [3.05, 3.63) is 22.2 Å². The molecule has 19 heavy (non-hydrogen) atoms. The van der Waals surface area contributed by atoms with Gasteiger partial charge < -0.3 is 14.8 Å². The van der Waals surface area contributed by atoms with Crippen molar-refractivity contribution >= 4 is 11.4 Å². The van der Waals surface area contributed by atoms with Crippen molar-refractivity contribution in [2.45, 2.75) is 20.3 Å². The summed E-state index contributed by atoms with van der Waals surface area (Å²) in [5, 5.41) is 14.2. The second-order valence-electron chi connectivity index (χ2n) is 4.38. The van der Waals surface area contributed by atoms with E-state index in [-0.39, 0.29) is 5.69 Å². The van der Waals surface area contributed by atoms with E-state index in [1.54, 1.807) is 6.07 Å². The fourth-order valence-electron chi connectivity index (χ4n) is 1.59. The minimum atomic E-state index is -0.430. The summed E-state index contributed by atoms with van der Waals surface area (Å²) in [6, 6.07) is 2.97. The number of hydrogen-bond donors (Lipinski definition) is 1. The number of hydrogen-bond acceptors (Lipinski definition) is 5. The van der Waals surface area contributed by atoms with Crippen LogP contribution in [0.25, 0.3) is 0 Å². The largest absolute Gasteiger partial charge is 0.493 e. The molecule has 0 aliphatic rings. The molecule has 0 amide bonds. The van der Waals surface area contributed by atoms with Gasteiger partial charge in [0.2, 0.25) is 0 Å². The lowest BCUT2D eigenvalue weighted by molar-refractivity contribution is -0.384. The average Bonchev–Trinajstić information content (AvgIpc) is 2.43. The molecule has 1 aromatic carbocycles. The van der Waals surface area contributed by atoms with Crippen molar-refractivity contribution < 1.29 is 14.4 Å². The van der Waals surface area contributed by atoms with Crippen LogP contribution in [0.4, 0.5) is 11.4 Å². The first-order valence-corrected chi connectivity index (χ1v) is 6.17. The Kier molecular flexibility index (Phi) is 5.41. The van der Waals surface area contributed by atoms with Crippen LogP contribution in [-0.4, -0.2) is 25.7 Å². The van der Waals surface area contributed by atoms with E-state index in [9.17, 15) is 10.1 Å². The van der Waals surface area contributed by atoms with Crippen LogP contribution in [0.1, 0.15) is 20.3 Å². The van der Waals surface area contributed by atoms with Gasteiger partial charge in [0.25, 0.3) is 5.69 Å². The van der Waals surface area contributed by atoms with Crippen LogP contribution in [0.3, 0.4) is 0 Å². The van der Waals surface area contributed by atoms with Crippen LogP contribution in [0.5, 0.6) is 11.5 Å². The normalized spacial score (nSPS) is 11.8. The Balaban J connectivity index is 3.09. The van der Waals surface area contributed by atoms with Gasteiger partial charge in [-0.05, 0) is 5.92 Å². The Bertz CT molecular complexity index is 449. The maximum absolute atomic E-state index is 11.1. The molecule has 1 rings (SSSR count). The molecule has 6 heteroatoms. The van der Waals surface area contributed by atoms with Crippen LogP contribution in [0, 0.1) is 16.0 Å². The topological polar surface area (TPSA) is 73.6 Å². The lowest BCUT2D eigenvalue weighted by atomic mass is 10.1. The standard InChI is InChI=1S/C13H20N2O4/c1-5-9(2)8-14-10-6-12(18-3)13(19-4)7-11(10)15(16)17/h6-7,9,14H,5,8H2,1-4H3. The number of nitrogens with zero attached hydrogens (tertiary/aromatic N) is 1. The number of anilines is 1. The zero-order valence-corrected chi connectivity index (χ0v) is 11.7. The second kappa shape index (κ2) is 6.82. The summed E-state index contributed by atoms with van der Waals surface area (Å²) < 4.78 is 10.2. The van der Waals surface area contributed by atoms with E-state index in [1.165, 1.54) is 20.3 Å². The molecule has 1 aromatic rings. The van der Waals surface area contributed by atoms with Crippen molar-refractivity contribution in [1.82, 2.24) is 0 Å². The molecule has 0 fully saturated rings. The molecule has 106 valence electrons. The van der Waals surface area contributed by atoms with Crippen LogP contribution >= 0.6 is 0 Å². The Morgan fingerprint density at radius 1 is 1.32 bits per heavy atom. The van der Waals surface area contributed by atoms with Crippen molar-refractivity contribution in [3.63, 3.8) is 0 Å². The zero-order chi connectivity index (χ0) is 14.4. The van der Waals surface area contributed by atoms with Crippen LogP contribution < -0.4 is 14.8 Å². The summed E-state index contributed by atoms with van der Waals surface area (Å²) in [7, 11) is 2.95. The fourth-order valence-corrected chi connectivity index (χ4v) is 1.59. The minimum Gasteiger partial charge on any atom is -0.493 e. The number of nitro benzene ring substituents is 1. The molecule has 1 N–H and O–H groups in total. The highest BCUT2D eigenvalue weighted by Gasteiger charge is 2.19. The predicted octanol–water partition coefficient (Wildman–Crippen LogP) is 3.07. The molecule has 0 saturated heterocycles. The van der Waals surface area contributed by atoms with Gasteiger partial charge >= 0.3 is 0 Å². The lowest BCUT2D eigenvalue weighted by Gasteiger charge is -2.14. The summed E-state index contributed by atoms with van der Waals surface area (Å²) in [6.07, 6.45) is 1.01. The van der Waals surface area contributed by atoms with Crippen molar-refractivity contribution in [2.75, 3.05) is 26.1 Å². The summed E-state index contributed by atoms with van der Waals surface area (Å²) in [6.45, 7) is 4.84. The third kappa shape index (κ3) is 3.74. The molecule has 0 saturated carbocycles. The summed E-state index contributed by atoms with van der Waals surface area (Å²) in [5.41, 5.74) is 0.434. The predicted molar refractivity (Wildman–Crippen MR) is 74.1 cm³/mol. The van der Waals surface area contributed by atoms with Gasteiger partial charge in [-0.15, -0.1) is 0 Å². The van der Waals surface area contributed by atoms with E-state index in [4.69, 9.17) is 9.47 Å². The zero-order valence-electron chi connectivity index (χ0n) is 11.7. The molecule has 0 bridgehead atoms. The summed E-state index contributed by atoms with van der Waals surface area (Å²) in [4.78, 5) is 10.6. The lowest BCUT2D eigenvalue weighted by Crippen LogP contribution is -2.11. The van der Waals surface area contributed by atoms with Crippen LogP contribution in [-0.2, 0) is 0 Å². The molecule has 0 aliphatic carbocycles. The van der Waals surface area contributed by atoms with Crippen LogP contribution in [0.15, 0.2) is 12.1 Å². The molecule has 0 spiro atoms. The van der Waals surface area contributed by atoms with Crippen molar-refractivity contribution in [1.29, 1.82) is 0 Å². The van der Waals surface area contributed by atoms with Crippen molar-refractivity contribution in [3.8, 4) is 11.5 Å².